The first-order chi connectivity index (χ1) is 20.0. The number of aliphatic hydroxyl groups is 1. The first-order valence-electron chi connectivity index (χ1n) is 13.5. The number of carboxylic acids is 1. The molecule has 0 fully saturated rings. The molecule has 3 N–H and O–H groups in total. The number of amides is 2. The van der Waals surface area contributed by atoms with Crippen LogP contribution in [0.5, 0.6) is 0 Å². The largest absolute Gasteiger partial charge is 0.481 e. The maximum Gasteiger partial charge on any atom is 0.305 e. The second-order valence-electron chi connectivity index (χ2n) is 9.55. The number of aliphatic hydroxyl groups excluding tert-OH is 1. The van der Waals surface area contributed by atoms with Crippen molar-refractivity contribution in [2.75, 3.05) is 19.7 Å². The Labute approximate surface area is 239 Å². The predicted octanol–water partition coefficient (Wildman–Crippen LogP) is 4.76. The van der Waals surface area contributed by atoms with Crippen LogP contribution < -0.4 is 5.32 Å². The molecule has 0 saturated carbocycles. The van der Waals surface area contributed by atoms with Crippen molar-refractivity contribution in [3.8, 4) is 11.1 Å². The van der Waals surface area contributed by atoms with E-state index in [1.807, 2.05) is 48.5 Å². The molecule has 0 spiro atoms. The van der Waals surface area contributed by atoms with E-state index in [2.05, 4.69) is 10.3 Å². The van der Waals surface area contributed by atoms with Gasteiger partial charge in [0.1, 0.15) is 0 Å². The molecule has 1 atom stereocenters. The number of aliphatic carboxylic acids is 1. The number of pyridine rings is 1. The molecule has 0 radical (unpaired) electrons. The zero-order chi connectivity index (χ0) is 29.0. The molecule has 1 aromatic heterocycles. The molecule has 0 bridgehead atoms. The number of aromatic nitrogens is 1. The van der Waals surface area contributed by atoms with Crippen LogP contribution in [0.2, 0.25) is 0 Å². The molecule has 210 valence electrons. The number of carboxylic acid groups (broad SMARTS) is 1. The quantitative estimate of drug-likeness (QED) is 0.220. The number of nitrogens with zero attached hydrogens (tertiary/aromatic N) is 2. The van der Waals surface area contributed by atoms with Gasteiger partial charge in [-0.15, -0.1) is 0 Å². The Hall–Kier alpha value is -4.82. The van der Waals surface area contributed by atoms with Crippen LogP contribution >= 0.6 is 0 Å². The molecule has 41 heavy (non-hydrogen) atoms. The topological polar surface area (TPSA) is 120 Å². The molecular weight excluding hydrogens is 518 g/mol. The lowest BCUT2D eigenvalue weighted by atomic mass is 9.93. The molecule has 0 aliphatic rings. The molecule has 0 saturated heterocycles. The molecule has 8 nitrogen and oxygen atoms in total. The predicted molar refractivity (Wildman–Crippen MR) is 156 cm³/mol. The van der Waals surface area contributed by atoms with Gasteiger partial charge in [-0.05, 0) is 47.4 Å². The van der Waals surface area contributed by atoms with Crippen molar-refractivity contribution in [2.24, 2.45) is 0 Å². The summed E-state index contributed by atoms with van der Waals surface area (Å²) >= 11 is 0. The van der Waals surface area contributed by atoms with Gasteiger partial charge in [0.2, 0.25) is 0 Å². The fraction of sp³-hybridized carbons (Fsp3) is 0.212. The van der Waals surface area contributed by atoms with E-state index in [0.717, 1.165) is 11.3 Å². The van der Waals surface area contributed by atoms with Crippen molar-refractivity contribution in [3.05, 3.63) is 126 Å². The fourth-order valence-electron chi connectivity index (χ4n) is 4.70. The molecule has 2 amide bonds. The zero-order valence-electron chi connectivity index (χ0n) is 22.6. The van der Waals surface area contributed by atoms with Gasteiger partial charge in [0.05, 0.1) is 12.5 Å². The standard InChI is InChI=1S/C33H33N3O5/c37-23-19-30(24-10-2-1-3-11-24)35-32(40)28-15-6-4-13-26(28)27-14-5-7-16-29(27)33(41)36(22-18-31(38)39)21-17-25-12-8-9-20-34-25/h1-16,20,30,37H,17-19,21-23H2,(H,35,40)(H,38,39). The Morgan fingerprint density at radius 1 is 0.780 bits per heavy atom. The smallest absolute Gasteiger partial charge is 0.305 e. The van der Waals surface area contributed by atoms with Gasteiger partial charge in [-0.2, -0.15) is 0 Å². The summed E-state index contributed by atoms with van der Waals surface area (Å²) in [5, 5.41) is 22.0. The van der Waals surface area contributed by atoms with Gasteiger partial charge < -0.3 is 20.4 Å². The van der Waals surface area contributed by atoms with Crippen LogP contribution in [-0.2, 0) is 11.2 Å². The number of rotatable bonds is 13. The fourth-order valence-corrected chi connectivity index (χ4v) is 4.70. The van der Waals surface area contributed by atoms with Crippen LogP contribution in [0.15, 0.2) is 103 Å². The lowest BCUT2D eigenvalue weighted by molar-refractivity contribution is -0.137. The average molecular weight is 552 g/mol. The lowest BCUT2D eigenvalue weighted by Crippen LogP contribution is -2.35. The highest BCUT2D eigenvalue weighted by atomic mass is 16.4. The summed E-state index contributed by atoms with van der Waals surface area (Å²) in [4.78, 5) is 44.7. The average Bonchev–Trinajstić information content (AvgIpc) is 3.01. The highest BCUT2D eigenvalue weighted by Crippen LogP contribution is 2.29. The minimum Gasteiger partial charge on any atom is -0.481 e. The second-order valence-corrected chi connectivity index (χ2v) is 9.55. The van der Waals surface area contributed by atoms with E-state index in [4.69, 9.17) is 0 Å². The molecule has 4 rings (SSSR count). The van der Waals surface area contributed by atoms with Crippen LogP contribution in [-0.4, -0.2) is 57.6 Å². The Balaban J connectivity index is 1.64. The summed E-state index contributed by atoms with van der Waals surface area (Å²) in [7, 11) is 0. The van der Waals surface area contributed by atoms with Crippen molar-refractivity contribution in [3.63, 3.8) is 0 Å². The number of benzene rings is 3. The summed E-state index contributed by atoms with van der Waals surface area (Å²) in [6.45, 7) is 0.237. The van der Waals surface area contributed by atoms with E-state index in [0.29, 0.717) is 41.6 Å². The normalized spacial score (nSPS) is 11.4. The minimum absolute atomic E-state index is 0.0391. The Morgan fingerprint density at radius 2 is 1.41 bits per heavy atom. The number of carbonyl (C=O) groups is 3. The van der Waals surface area contributed by atoms with Gasteiger partial charge in [-0.3, -0.25) is 19.4 Å². The Kier molecular flexibility index (Phi) is 10.3. The summed E-state index contributed by atoms with van der Waals surface area (Å²) < 4.78 is 0. The summed E-state index contributed by atoms with van der Waals surface area (Å²) in [6, 6.07) is 28.7. The molecule has 0 aliphatic heterocycles. The van der Waals surface area contributed by atoms with E-state index in [1.54, 1.807) is 54.7 Å². The Morgan fingerprint density at radius 3 is 2.07 bits per heavy atom. The van der Waals surface area contributed by atoms with Crippen LogP contribution in [0.1, 0.15) is 50.9 Å². The third kappa shape index (κ3) is 7.86. The van der Waals surface area contributed by atoms with Crippen molar-refractivity contribution in [1.82, 2.24) is 15.2 Å². The number of hydrogen-bond donors (Lipinski definition) is 3. The van der Waals surface area contributed by atoms with Crippen LogP contribution in [0.25, 0.3) is 11.1 Å². The number of hydrogen-bond acceptors (Lipinski definition) is 5. The van der Waals surface area contributed by atoms with E-state index in [1.165, 1.54) is 4.90 Å². The van der Waals surface area contributed by atoms with Gasteiger partial charge in [0.15, 0.2) is 0 Å². The lowest BCUT2D eigenvalue weighted by Gasteiger charge is -2.24. The highest BCUT2D eigenvalue weighted by Gasteiger charge is 2.24. The first-order valence-corrected chi connectivity index (χ1v) is 13.5. The maximum atomic E-state index is 13.9. The summed E-state index contributed by atoms with van der Waals surface area (Å²) in [5.74, 6) is -1.65. The first kappa shape index (κ1) is 29.2. The van der Waals surface area contributed by atoms with E-state index in [-0.39, 0.29) is 31.4 Å². The van der Waals surface area contributed by atoms with E-state index >= 15 is 0 Å². The van der Waals surface area contributed by atoms with Crippen molar-refractivity contribution >= 4 is 17.8 Å². The maximum absolute atomic E-state index is 13.9. The molecule has 0 aliphatic carbocycles. The van der Waals surface area contributed by atoms with Crippen molar-refractivity contribution in [1.29, 1.82) is 0 Å². The van der Waals surface area contributed by atoms with Crippen molar-refractivity contribution < 1.29 is 24.6 Å². The minimum atomic E-state index is -0.994. The van der Waals surface area contributed by atoms with Crippen LogP contribution in [0.3, 0.4) is 0 Å². The molecule has 8 heteroatoms. The van der Waals surface area contributed by atoms with Crippen LogP contribution in [0.4, 0.5) is 0 Å². The van der Waals surface area contributed by atoms with E-state index < -0.39 is 12.0 Å². The van der Waals surface area contributed by atoms with E-state index in [9.17, 15) is 24.6 Å². The molecule has 1 unspecified atom stereocenters. The Bertz CT molecular complexity index is 1460. The van der Waals surface area contributed by atoms with Gasteiger partial charge in [-0.25, -0.2) is 0 Å². The molecule has 4 aromatic rings. The van der Waals surface area contributed by atoms with Crippen molar-refractivity contribution in [2.45, 2.75) is 25.3 Å². The number of carbonyl (C=O) groups excluding carboxylic acids is 2. The second kappa shape index (κ2) is 14.5. The van der Waals surface area contributed by atoms with Gasteiger partial charge in [0.25, 0.3) is 11.8 Å². The zero-order valence-corrected chi connectivity index (χ0v) is 22.6. The number of nitrogens with one attached hydrogen (secondary N) is 1. The SMILES string of the molecule is O=C(O)CCN(CCc1ccccn1)C(=O)c1ccccc1-c1ccccc1C(=O)NC(CCO)c1ccccc1. The van der Waals surface area contributed by atoms with Gasteiger partial charge in [0, 0.05) is 49.1 Å². The molecular formula is C33H33N3O5. The molecule has 1 heterocycles. The summed E-state index contributed by atoms with van der Waals surface area (Å²) in [6.07, 6.45) is 2.31. The van der Waals surface area contributed by atoms with Gasteiger partial charge >= 0.3 is 5.97 Å². The summed E-state index contributed by atoms with van der Waals surface area (Å²) in [5.41, 5.74) is 3.58. The van der Waals surface area contributed by atoms with Crippen LogP contribution in [0, 0.1) is 0 Å². The third-order valence-corrected chi connectivity index (χ3v) is 6.79. The monoisotopic (exact) mass is 551 g/mol. The van der Waals surface area contributed by atoms with Gasteiger partial charge in [-0.1, -0.05) is 72.8 Å². The third-order valence-electron chi connectivity index (χ3n) is 6.79. The molecule has 3 aromatic carbocycles. The highest BCUT2D eigenvalue weighted by molar-refractivity contribution is 6.06.